The molecular formula is C31H36Cl2N6O4. The van der Waals surface area contributed by atoms with Gasteiger partial charge in [0.15, 0.2) is 0 Å². The standard InChI is InChI=1S/C31H36Cl2N6O4/c1-6-28(40)36-24-9-8-22(39-12-10-38(7-2)11-13-39)15-20(24)14-21-16-27(35-19-34-21)37(3)29(41)17-23-30(32)25(42-4)18-26(43-5)31(23)33/h6,8-9,15-16,18-19H,1,7,10-14,17H2,2-5H3,(H,36,40). The van der Waals surface area contributed by atoms with Gasteiger partial charge in [-0.2, -0.15) is 0 Å². The first-order valence-electron chi connectivity index (χ1n) is 13.9. The summed E-state index contributed by atoms with van der Waals surface area (Å²) in [7, 11) is 4.58. The monoisotopic (exact) mass is 626 g/mol. The largest absolute Gasteiger partial charge is 0.495 e. The van der Waals surface area contributed by atoms with Gasteiger partial charge in [-0.1, -0.05) is 36.7 Å². The molecule has 3 aromatic rings. The zero-order valence-corrected chi connectivity index (χ0v) is 26.3. The van der Waals surface area contributed by atoms with Crippen molar-refractivity contribution < 1.29 is 19.1 Å². The average Bonchev–Trinajstić information content (AvgIpc) is 3.03. The second-order valence-electron chi connectivity index (χ2n) is 10.0. The van der Waals surface area contributed by atoms with E-state index < -0.39 is 0 Å². The number of benzene rings is 2. The number of hydrogen-bond donors (Lipinski definition) is 1. The SMILES string of the molecule is C=CC(=O)Nc1ccc(N2CCN(CC)CC2)cc1Cc1cc(N(C)C(=O)Cc2c(Cl)c(OC)cc(OC)c2Cl)ncn1. The van der Waals surface area contributed by atoms with Crippen LogP contribution < -0.4 is 24.6 Å². The van der Waals surface area contributed by atoms with Gasteiger partial charge >= 0.3 is 0 Å². The van der Waals surface area contributed by atoms with Crippen LogP contribution in [-0.4, -0.2) is 80.7 Å². The lowest BCUT2D eigenvalue weighted by Gasteiger charge is -2.35. The van der Waals surface area contributed by atoms with E-state index in [-0.39, 0.29) is 28.3 Å². The Labute approximate surface area is 262 Å². The summed E-state index contributed by atoms with van der Waals surface area (Å²) in [5, 5.41) is 3.38. The first kappa shape index (κ1) is 32.1. The number of piperazine rings is 1. The van der Waals surface area contributed by atoms with E-state index in [0.717, 1.165) is 44.0 Å². The molecule has 1 aromatic heterocycles. The maximum Gasteiger partial charge on any atom is 0.247 e. The van der Waals surface area contributed by atoms with Crippen molar-refractivity contribution in [2.24, 2.45) is 0 Å². The molecular weight excluding hydrogens is 591 g/mol. The molecule has 10 nitrogen and oxygen atoms in total. The van der Waals surface area contributed by atoms with Crippen LogP contribution in [0.15, 0.2) is 49.3 Å². The van der Waals surface area contributed by atoms with Crippen LogP contribution in [0.3, 0.4) is 0 Å². The number of likely N-dealkylation sites (N-methyl/N-ethyl adjacent to an activating group) is 2. The summed E-state index contributed by atoms with van der Waals surface area (Å²) in [6.45, 7) is 10.6. The third-order valence-electron chi connectivity index (χ3n) is 7.51. The van der Waals surface area contributed by atoms with Gasteiger partial charge < -0.3 is 24.6 Å². The molecule has 43 heavy (non-hydrogen) atoms. The van der Waals surface area contributed by atoms with Crippen molar-refractivity contribution in [1.82, 2.24) is 14.9 Å². The molecule has 0 radical (unpaired) electrons. The van der Waals surface area contributed by atoms with E-state index in [1.165, 1.54) is 31.5 Å². The smallest absolute Gasteiger partial charge is 0.247 e. The van der Waals surface area contributed by atoms with Gasteiger partial charge in [-0.05, 0) is 36.4 Å². The Hall–Kier alpha value is -3.86. The molecule has 1 fully saturated rings. The predicted molar refractivity (Wildman–Crippen MR) is 171 cm³/mol. The van der Waals surface area contributed by atoms with Crippen molar-refractivity contribution in [3.05, 3.63) is 76.2 Å². The quantitative estimate of drug-likeness (QED) is 0.301. The molecule has 1 aliphatic rings. The molecule has 0 atom stereocenters. The van der Waals surface area contributed by atoms with Crippen molar-refractivity contribution >= 4 is 52.2 Å². The third kappa shape index (κ3) is 7.57. The van der Waals surface area contributed by atoms with Crippen molar-refractivity contribution in [3.8, 4) is 11.5 Å². The summed E-state index contributed by atoms with van der Waals surface area (Å²) >= 11 is 13.0. The molecule has 1 saturated heterocycles. The second kappa shape index (κ2) is 14.5. The van der Waals surface area contributed by atoms with Crippen LogP contribution in [0.25, 0.3) is 0 Å². The summed E-state index contributed by atoms with van der Waals surface area (Å²) in [5.74, 6) is 0.514. The summed E-state index contributed by atoms with van der Waals surface area (Å²) in [6, 6.07) is 9.33. The molecule has 0 spiro atoms. The van der Waals surface area contributed by atoms with Gasteiger partial charge in [-0.25, -0.2) is 9.97 Å². The molecule has 2 amide bonds. The number of halogens is 2. The fourth-order valence-corrected chi connectivity index (χ4v) is 5.54. The van der Waals surface area contributed by atoms with Crippen LogP contribution in [0.5, 0.6) is 11.5 Å². The molecule has 2 aromatic carbocycles. The van der Waals surface area contributed by atoms with E-state index >= 15 is 0 Å². The van der Waals surface area contributed by atoms with Crippen molar-refractivity contribution in [2.75, 3.05) is 69.1 Å². The summed E-state index contributed by atoms with van der Waals surface area (Å²) in [6.07, 6.45) is 2.95. The molecule has 12 heteroatoms. The summed E-state index contributed by atoms with van der Waals surface area (Å²) in [4.78, 5) is 40.5. The lowest BCUT2D eigenvalue weighted by molar-refractivity contribution is -0.117. The lowest BCUT2D eigenvalue weighted by Crippen LogP contribution is -2.46. The van der Waals surface area contributed by atoms with Crippen molar-refractivity contribution in [2.45, 2.75) is 19.8 Å². The Morgan fingerprint density at radius 1 is 1.05 bits per heavy atom. The predicted octanol–water partition coefficient (Wildman–Crippen LogP) is 4.86. The zero-order chi connectivity index (χ0) is 31.1. The number of anilines is 3. The molecule has 0 saturated carbocycles. The number of amides is 2. The van der Waals surface area contributed by atoms with Gasteiger partial charge in [-0.15, -0.1) is 0 Å². The molecule has 228 valence electrons. The number of nitrogens with zero attached hydrogens (tertiary/aromatic N) is 5. The zero-order valence-electron chi connectivity index (χ0n) is 24.8. The van der Waals surface area contributed by atoms with E-state index in [1.54, 1.807) is 19.2 Å². The minimum Gasteiger partial charge on any atom is -0.495 e. The molecule has 2 heterocycles. The molecule has 4 rings (SSSR count). The highest BCUT2D eigenvalue weighted by atomic mass is 35.5. The van der Waals surface area contributed by atoms with Gasteiger partial charge in [0.2, 0.25) is 11.8 Å². The molecule has 0 bridgehead atoms. The molecule has 0 aliphatic carbocycles. The maximum atomic E-state index is 13.4. The fourth-order valence-electron chi connectivity index (χ4n) is 4.90. The van der Waals surface area contributed by atoms with Gasteiger partial charge in [0.25, 0.3) is 0 Å². The lowest BCUT2D eigenvalue weighted by atomic mass is 10.0. The first-order chi connectivity index (χ1) is 20.7. The van der Waals surface area contributed by atoms with E-state index in [9.17, 15) is 9.59 Å². The Balaban J connectivity index is 1.58. The van der Waals surface area contributed by atoms with E-state index in [1.807, 2.05) is 12.1 Å². The van der Waals surface area contributed by atoms with Crippen molar-refractivity contribution in [3.63, 3.8) is 0 Å². The molecule has 0 unspecified atom stereocenters. The van der Waals surface area contributed by atoms with Crippen LogP contribution in [0, 0.1) is 0 Å². The summed E-state index contributed by atoms with van der Waals surface area (Å²) < 4.78 is 10.7. The Morgan fingerprint density at radius 3 is 2.33 bits per heavy atom. The number of ether oxygens (including phenoxy) is 2. The van der Waals surface area contributed by atoms with Crippen LogP contribution in [0.4, 0.5) is 17.2 Å². The number of aromatic nitrogens is 2. The Bertz CT molecular complexity index is 1470. The van der Waals surface area contributed by atoms with Gasteiger partial charge in [0, 0.05) is 68.7 Å². The normalized spacial score (nSPS) is 13.4. The van der Waals surface area contributed by atoms with E-state index in [4.69, 9.17) is 32.7 Å². The molecule has 1 aliphatic heterocycles. The second-order valence-corrected chi connectivity index (χ2v) is 10.8. The minimum absolute atomic E-state index is 0.105. The topological polar surface area (TPSA) is 100 Å². The number of carbonyl (C=O) groups excluding carboxylic acids is 2. The van der Waals surface area contributed by atoms with Crippen LogP contribution >= 0.6 is 23.2 Å². The summed E-state index contributed by atoms with van der Waals surface area (Å²) in [5.41, 5.74) is 3.69. The average molecular weight is 628 g/mol. The Morgan fingerprint density at radius 2 is 1.72 bits per heavy atom. The fraction of sp³-hybridized carbons (Fsp3) is 0.355. The van der Waals surface area contributed by atoms with Gasteiger partial charge in [-0.3, -0.25) is 14.5 Å². The highest BCUT2D eigenvalue weighted by Gasteiger charge is 2.23. The van der Waals surface area contributed by atoms with Crippen LogP contribution in [0.1, 0.15) is 23.7 Å². The number of methoxy groups -OCH3 is 2. The Kier molecular flexibility index (Phi) is 10.8. The molecule has 1 N–H and O–H groups in total. The minimum atomic E-state index is -0.300. The van der Waals surface area contributed by atoms with E-state index in [2.05, 4.69) is 44.7 Å². The van der Waals surface area contributed by atoms with Gasteiger partial charge in [0.05, 0.1) is 36.4 Å². The third-order valence-corrected chi connectivity index (χ3v) is 8.34. The van der Waals surface area contributed by atoms with Crippen molar-refractivity contribution in [1.29, 1.82) is 0 Å². The van der Waals surface area contributed by atoms with Gasteiger partial charge in [0.1, 0.15) is 23.6 Å². The van der Waals surface area contributed by atoms with Crippen LogP contribution in [-0.2, 0) is 22.4 Å². The number of nitrogens with one attached hydrogen (secondary N) is 1. The van der Waals surface area contributed by atoms with E-state index in [0.29, 0.717) is 40.7 Å². The number of rotatable bonds is 11. The first-order valence-corrected chi connectivity index (χ1v) is 14.6. The highest BCUT2D eigenvalue weighted by Crippen LogP contribution is 2.40. The van der Waals surface area contributed by atoms with Crippen LogP contribution in [0.2, 0.25) is 10.0 Å². The maximum absolute atomic E-state index is 13.4. The highest BCUT2D eigenvalue weighted by molar-refractivity contribution is 6.38. The number of carbonyl (C=O) groups is 2. The number of hydrogen-bond acceptors (Lipinski definition) is 8.